The van der Waals surface area contributed by atoms with Crippen molar-refractivity contribution >= 4 is 15.5 Å². The van der Waals surface area contributed by atoms with Gasteiger partial charge in [0.15, 0.2) is 9.84 Å². The van der Waals surface area contributed by atoms with Crippen molar-refractivity contribution in [3.8, 4) is 0 Å². The van der Waals surface area contributed by atoms with Gasteiger partial charge in [-0.25, -0.2) is 8.42 Å². The van der Waals surface area contributed by atoms with Crippen molar-refractivity contribution in [1.82, 2.24) is 4.57 Å². The molecule has 1 N–H and O–H groups in total. The first-order valence-electron chi connectivity index (χ1n) is 6.67. The molecule has 6 heteroatoms. The molecule has 106 valence electrons. The molecule has 1 saturated heterocycles. The standard InChI is InChI=1S/C13H20N2O3S/c1-2-7-15-9-11(5-6-13(15)16)14-12-4-3-8-19(17,18)10-12/h5-6,9,12,14H,2-4,7-8,10H2,1H3. The van der Waals surface area contributed by atoms with Gasteiger partial charge in [-0.2, -0.15) is 0 Å². The van der Waals surface area contributed by atoms with E-state index in [4.69, 9.17) is 0 Å². The van der Waals surface area contributed by atoms with E-state index in [-0.39, 0.29) is 17.4 Å². The molecule has 1 atom stereocenters. The van der Waals surface area contributed by atoms with E-state index in [1.807, 2.05) is 6.92 Å². The number of anilines is 1. The van der Waals surface area contributed by atoms with E-state index < -0.39 is 9.84 Å². The molecule has 0 radical (unpaired) electrons. The second-order valence-electron chi connectivity index (χ2n) is 5.05. The molecule has 1 unspecified atom stereocenters. The van der Waals surface area contributed by atoms with Gasteiger partial charge >= 0.3 is 0 Å². The molecular formula is C13H20N2O3S. The SMILES string of the molecule is CCCn1cc(NC2CCCS(=O)(=O)C2)ccc1=O. The number of hydrogen-bond acceptors (Lipinski definition) is 4. The molecule has 5 nitrogen and oxygen atoms in total. The van der Waals surface area contributed by atoms with Gasteiger partial charge in [-0.1, -0.05) is 6.92 Å². The second kappa shape index (κ2) is 5.77. The lowest BCUT2D eigenvalue weighted by atomic mass is 10.2. The summed E-state index contributed by atoms with van der Waals surface area (Å²) in [6, 6.07) is 3.19. The normalized spacial score (nSPS) is 22.1. The maximum absolute atomic E-state index is 11.6. The minimum absolute atomic E-state index is 0.0244. The third kappa shape index (κ3) is 3.83. The number of aromatic nitrogens is 1. The molecule has 0 bridgehead atoms. The largest absolute Gasteiger partial charge is 0.380 e. The van der Waals surface area contributed by atoms with Gasteiger partial charge in [0.05, 0.1) is 17.2 Å². The molecule has 1 fully saturated rings. The Bertz CT molecular complexity index is 592. The van der Waals surface area contributed by atoms with Crippen molar-refractivity contribution < 1.29 is 8.42 Å². The fourth-order valence-corrected chi connectivity index (χ4v) is 4.04. The molecule has 1 aromatic heterocycles. The highest BCUT2D eigenvalue weighted by molar-refractivity contribution is 7.91. The molecule has 0 saturated carbocycles. The van der Waals surface area contributed by atoms with Crippen molar-refractivity contribution in [2.24, 2.45) is 0 Å². The number of hydrogen-bond donors (Lipinski definition) is 1. The van der Waals surface area contributed by atoms with Crippen LogP contribution in [0.1, 0.15) is 26.2 Å². The molecule has 0 spiro atoms. The highest BCUT2D eigenvalue weighted by Gasteiger charge is 2.24. The van der Waals surface area contributed by atoms with Crippen LogP contribution in [0.3, 0.4) is 0 Å². The van der Waals surface area contributed by atoms with Gasteiger partial charge in [0.2, 0.25) is 0 Å². The summed E-state index contributed by atoms with van der Waals surface area (Å²) < 4.78 is 24.8. The Labute approximate surface area is 113 Å². The highest BCUT2D eigenvalue weighted by Crippen LogP contribution is 2.16. The Morgan fingerprint density at radius 1 is 1.42 bits per heavy atom. The van der Waals surface area contributed by atoms with Gasteiger partial charge in [-0.05, 0) is 25.3 Å². The van der Waals surface area contributed by atoms with Gasteiger partial charge in [-0.3, -0.25) is 4.79 Å². The molecule has 1 aliphatic heterocycles. The molecule has 2 heterocycles. The fraction of sp³-hybridized carbons (Fsp3) is 0.615. The number of rotatable bonds is 4. The predicted octanol–water partition coefficient (Wildman–Crippen LogP) is 1.25. The quantitative estimate of drug-likeness (QED) is 0.903. The van der Waals surface area contributed by atoms with E-state index in [2.05, 4.69) is 5.32 Å². The highest BCUT2D eigenvalue weighted by atomic mass is 32.2. The van der Waals surface area contributed by atoms with E-state index in [1.165, 1.54) is 6.07 Å². The summed E-state index contributed by atoms with van der Waals surface area (Å²) in [5, 5.41) is 3.22. The molecule has 1 aromatic rings. The Kier molecular flexibility index (Phi) is 4.29. The zero-order valence-corrected chi connectivity index (χ0v) is 11.9. The van der Waals surface area contributed by atoms with Crippen LogP contribution in [0.2, 0.25) is 0 Å². The van der Waals surface area contributed by atoms with E-state index in [0.29, 0.717) is 18.7 Å². The lowest BCUT2D eigenvalue weighted by Gasteiger charge is -2.24. The maximum atomic E-state index is 11.6. The molecule has 19 heavy (non-hydrogen) atoms. The summed E-state index contributed by atoms with van der Waals surface area (Å²) in [5.74, 6) is 0.473. The number of sulfone groups is 1. The molecule has 2 rings (SSSR count). The number of pyridine rings is 1. The van der Waals surface area contributed by atoms with Gasteiger partial charge < -0.3 is 9.88 Å². The summed E-state index contributed by atoms with van der Waals surface area (Å²) in [7, 11) is -2.91. The lowest BCUT2D eigenvalue weighted by Crippen LogP contribution is -2.35. The third-order valence-corrected chi connectivity index (χ3v) is 5.10. The van der Waals surface area contributed by atoms with Crippen molar-refractivity contribution in [3.63, 3.8) is 0 Å². The molecular weight excluding hydrogens is 264 g/mol. The molecule has 0 aromatic carbocycles. The van der Waals surface area contributed by atoms with Crippen LogP contribution >= 0.6 is 0 Å². The number of aryl methyl sites for hydroxylation is 1. The topological polar surface area (TPSA) is 68.2 Å². The summed E-state index contributed by atoms with van der Waals surface area (Å²) in [6.07, 6.45) is 4.22. The summed E-state index contributed by atoms with van der Waals surface area (Å²) in [4.78, 5) is 11.6. The van der Waals surface area contributed by atoms with Crippen LogP contribution < -0.4 is 10.9 Å². The fourth-order valence-electron chi connectivity index (χ4n) is 2.40. The summed E-state index contributed by atoms with van der Waals surface area (Å²) in [5.41, 5.74) is 0.791. The Balaban J connectivity index is 2.11. The monoisotopic (exact) mass is 284 g/mol. The first-order chi connectivity index (χ1) is 9.00. The Morgan fingerprint density at radius 2 is 2.21 bits per heavy atom. The maximum Gasteiger partial charge on any atom is 0.250 e. The van der Waals surface area contributed by atoms with Crippen molar-refractivity contribution in [2.75, 3.05) is 16.8 Å². The first kappa shape index (κ1) is 14.1. The second-order valence-corrected chi connectivity index (χ2v) is 7.28. The zero-order chi connectivity index (χ0) is 13.9. The molecule has 0 amide bonds. The van der Waals surface area contributed by atoms with E-state index in [9.17, 15) is 13.2 Å². The van der Waals surface area contributed by atoms with Crippen molar-refractivity contribution in [3.05, 3.63) is 28.7 Å². The van der Waals surface area contributed by atoms with Crippen LogP contribution in [0.4, 0.5) is 5.69 Å². The molecule has 0 aliphatic carbocycles. The minimum atomic E-state index is -2.91. The summed E-state index contributed by atoms with van der Waals surface area (Å²) >= 11 is 0. The zero-order valence-electron chi connectivity index (χ0n) is 11.1. The molecule has 1 aliphatic rings. The predicted molar refractivity (Wildman–Crippen MR) is 76.3 cm³/mol. The van der Waals surface area contributed by atoms with Crippen molar-refractivity contribution in [2.45, 2.75) is 38.8 Å². The number of nitrogens with zero attached hydrogens (tertiary/aromatic N) is 1. The number of nitrogens with one attached hydrogen (secondary N) is 1. The minimum Gasteiger partial charge on any atom is -0.380 e. The Hall–Kier alpha value is -1.30. The van der Waals surface area contributed by atoms with E-state index >= 15 is 0 Å². The van der Waals surface area contributed by atoms with Crippen LogP contribution in [-0.4, -0.2) is 30.5 Å². The third-order valence-electron chi connectivity index (χ3n) is 3.28. The van der Waals surface area contributed by atoms with Crippen LogP contribution in [0.15, 0.2) is 23.1 Å². The first-order valence-corrected chi connectivity index (χ1v) is 8.50. The van der Waals surface area contributed by atoms with Crippen molar-refractivity contribution in [1.29, 1.82) is 0 Å². The average Bonchev–Trinajstić information content (AvgIpc) is 2.32. The van der Waals surface area contributed by atoms with Crippen LogP contribution in [-0.2, 0) is 16.4 Å². The average molecular weight is 284 g/mol. The van der Waals surface area contributed by atoms with Crippen LogP contribution in [0.5, 0.6) is 0 Å². The van der Waals surface area contributed by atoms with Gasteiger partial charge in [0.1, 0.15) is 0 Å². The smallest absolute Gasteiger partial charge is 0.250 e. The lowest BCUT2D eigenvalue weighted by molar-refractivity contribution is 0.561. The van der Waals surface area contributed by atoms with E-state index in [1.54, 1.807) is 16.8 Å². The van der Waals surface area contributed by atoms with Gasteiger partial charge in [0, 0.05) is 24.8 Å². The van der Waals surface area contributed by atoms with E-state index in [0.717, 1.165) is 18.5 Å². The van der Waals surface area contributed by atoms with Gasteiger partial charge in [-0.15, -0.1) is 0 Å². The Morgan fingerprint density at radius 3 is 2.89 bits per heavy atom. The summed E-state index contributed by atoms with van der Waals surface area (Å²) in [6.45, 7) is 2.69. The van der Waals surface area contributed by atoms with Gasteiger partial charge in [0.25, 0.3) is 5.56 Å². The van der Waals surface area contributed by atoms with Crippen LogP contribution in [0, 0.1) is 0 Å². The van der Waals surface area contributed by atoms with Crippen LogP contribution in [0.25, 0.3) is 0 Å².